The predicted molar refractivity (Wildman–Crippen MR) is 175 cm³/mol. The van der Waals surface area contributed by atoms with Gasteiger partial charge in [0.2, 0.25) is 11.9 Å². The van der Waals surface area contributed by atoms with Crippen molar-refractivity contribution in [3.8, 4) is 5.75 Å². The number of ether oxygens (including phenoxy) is 2. The molecule has 12 heteroatoms. The fraction of sp³-hybridized carbons (Fsp3) is 0.765. The second-order valence-electron chi connectivity index (χ2n) is 15.0. The number of esters is 1. The summed E-state index contributed by atoms with van der Waals surface area (Å²) in [5.74, 6) is 3.70. The van der Waals surface area contributed by atoms with Gasteiger partial charge in [0.1, 0.15) is 5.60 Å². The molecule has 2 aromatic heterocycles. The molecule has 1 amide bonds. The fourth-order valence-electron chi connectivity index (χ4n) is 6.93. The van der Waals surface area contributed by atoms with E-state index in [2.05, 4.69) is 57.6 Å². The average molecular weight is 640 g/mol. The van der Waals surface area contributed by atoms with Gasteiger partial charge in [0.15, 0.2) is 11.6 Å². The van der Waals surface area contributed by atoms with E-state index in [0.29, 0.717) is 68.1 Å². The Hall–Kier alpha value is -3.44. The molecule has 5 heterocycles. The Morgan fingerprint density at radius 3 is 2.41 bits per heavy atom. The Kier molecular flexibility index (Phi) is 10.7. The molecule has 12 nitrogen and oxygen atoms in total. The number of aromatic nitrogens is 4. The molecule has 254 valence electrons. The Morgan fingerprint density at radius 1 is 1.04 bits per heavy atom. The maximum atomic E-state index is 13.0. The van der Waals surface area contributed by atoms with E-state index >= 15 is 0 Å². The molecule has 0 radical (unpaired) electrons. The molecule has 0 bridgehead atoms. The molecule has 3 saturated heterocycles. The maximum absolute atomic E-state index is 13.0. The van der Waals surface area contributed by atoms with Gasteiger partial charge in [-0.15, -0.1) is 0 Å². The van der Waals surface area contributed by atoms with E-state index in [1.165, 1.54) is 0 Å². The van der Waals surface area contributed by atoms with Crippen molar-refractivity contribution in [2.45, 2.75) is 105 Å². The third-order valence-corrected chi connectivity index (χ3v) is 9.64. The quantitative estimate of drug-likeness (QED) is 0.305. The van der Waals surface area contributed by atoms with Crippen LogP contribution in [0.25, 0.3) is 0 Å². The van der Waals surface area contributed by atoms with Gasteiger partial charge in [0.25, 0.3) is 0 Å². The highest BCUT2D eigenvalue weighted by Gasteiger charge is 2.42. The van der Waals surface area contributed by atoms with E-state index in [1.807, 2.05) is 25.7 Å². The fourth-order valence-corrected chi connectivity index (χ4v) is 6.93. The van der Waals surface area contributed by atoms with E-state index in [1.54, 1.807) is 12.4 Å². The van der Waals surface area contributed by atoms with Crippen LogP contribution in [0, 0.1) is 23.7 Å². The first-order chi connectivity index (χ1) is 21.9. The van der Waals surface area contributed by atoms with E-state index in [0.717, 1.165) is 44.6 Å². The number of carbonyl (C=O) groups excluding carboxylic acids is 2. The van der Waals surface area contributed by atoms with E-state index in [9.17, 15) is 9.59 Å². The SMILES string of the molecule is CC1CCC(=O)N([C@H]2CN(c3ncc(OCC[C@@H](C)C4CCN(c5nc(C(C)C)no5)CC4)cn3)C[C@@H]2CC(=O)OC(C)(C)C)C1. The number of amides is 1. The number of piperidine rings is 2. The van der Waals surface area contributed by atoms with Crippen molar-refractivity contribution in [3.05, 3.63) is 18.2 Å². The second-order valence-corrected chi connectivity index (χ2v) is 15.0. The first-order valence-corrected chi connectivity index (χ1v) is 17.2. The molecule has 46 heavy (non-hydrogen) atoms. The summed E-state index contributed by atoms with van der Waals surface area (Å²) in [4.78, 5) is 45.9. The Morgan fingerprint density at radius 2 is 1.76 bits per heavy atom. The second kappa shape index (κ2) is 14.5. The van der Waals surface area contributed by atoms with Gasteiger partial charge in [-0.3, -0.25) is 9.59 Å². The van der Waals surface area contributed by atoms with Crippen LogP contribution in [0.2, 0.25) is 0 Å². The summed E-state index contributed by atoms with van der Waals surface area (Å²) >= 11 is 0. The van der Waals surface area contributed by atoms with Gasteiger partial charge in [-0.2, -0.15) is 4.98 Å². The molecule has 3 aliphatic heterocycles. The minimum atomic E-state index is -0.553. The number of anilines is 2. The van der Waals surface area contributed by atoms with Crippen LogP contribution in [0.5, 0.6) is 5.75 Å². The Labute approximate surface area is 273 Å². The van der Waals surface area contributed by atoms with Gasteiger partial charge in [0.05, 0.1) is 31.5 Å². The minimum Gasteiger partial charge on any atom is -0.490 e. The van der Waals surface area contributed by atoms with Crippen LogP contribution in [0.15, 0.2) is 16.9 Å². The lowest BCUT2D eigenvalue weighted by Crippen LogP contribution is -2.49. The number of rotatable bonds is 11. The largest absolute Gasteiger partial charge is 0.490 e. The molecule has 3 fully saturated rings. The van der Waals surface area contributed by atoms with Crippen molar-refractivity contribution >= 4 is 23.8 Å². The summed E-state index contributed by atoms with van der Waals surface area (Å²) in [5, 5.41) is 4.11. The molecule has 0 N–H and O–H groups in total. The van der Waals surface area contributed by atoms with Crippen LogP contribution < -0.4 is 14.5 Å². The van der Waals surface area contributed by atoms with E-state index in [4.69, 9.17) is 14.0 Å². The third kappa shape index (κ3) is 8.67. The number of likely N-dealkylation sites (tertiary alicyclic amines) is 1. The van der Waals surface area contributed by atoms with Crippen molar-refractivity contribution in [2.75, 3.05) is 49.1 Å². The van der Waals surface area contributed by atoms with Gasteiger partial charge in [-0.25, -0.2) is 9.97 Å². The van der Waals surface area contributed by atoms with Crippen LogP contribution in [0.3, 0.4) is 0 Å². The highest BCUT2D eigenvalue weighted by atomic mass is 16.6. The van der Waals surface area contributed by atoms with Crippen molar-refractivity contribution in [1.29, 1.82) is 0 Å². The zero-order chi connectivity index (χ0) is 33.0. The number of carbonyl (C=O) groups is 2. The molecule has 2 aromatic rings. The maximum Gasteiger partial charge on any atom is 0.324 e. The molecular formula is C34H53N7O5. The molecule has 0 saturated carbocycles. The highest BCUT2D eigenvalue weighted by Crippen LogP contribution is 2.33. The smallest absolute Gasteiger partial charge is 0.324 e. The van der Waals surface area contributed by atoms with Crippen molar-refractivity contribution in [2.24, 2.45) is 23.7 Å². The minimum absolute atomic E-state index is 0.0542. The first-order valence-electron chi connectivity index (χ1n) is 17.2. The lowest BCUT2D eigenvalue weighted by atomic mass is 9.84. The van der Waals surface area contributed by atoms with Crippen molar-refractivity contribution in [1.82, 2.24) is 25.0 Å². The summed E-state index contributed by atoms with van der Waals surface area (Å²) in [7, 11) is 0. The van der Waals surface area contributed by atoms with Gasteiger partial charge in [0, 0.05) is 51.0 Å². The standard InChI is InChI=1S/C34H53N7O5/c1-22(2)31-37-33(46-38-31)39-13-10-25(11-14-39)24(4)12-15-44-27-17-35-32(36-18-27)40-20-26(16-30(43)45-34(5,6)7)28(21-40)41-19-23(3)8-9-29(41)42/h17-18,22-26,28H,8-16,19-21H2,1-7H3/t23?,24-,26+,28+/m1/s1. The summed E-state index contributed by atoms with van der Waals surface area (Å²) in [6.07, 6.45) is 8.30. The molecule has 5 rings (SSSR count). The third-order valence-electron chi connectivity index (χ3n) is 9.64. The zero-order valence-electron chi connectivity index (χ0n) is 28.8. The van der Waals surface area contributed by atoms with Crippen LogP contribution >= 0.6 is 0 Å². The Bertz CT molecular complexity index is 1300. The molecule has 3 aliphatic rings. The van der Waals surface area contributed by atoms with Crippen molar-refractivity contribution < 1.29 is 23.6 Å². The van der Waals surface area contributed by atoms with Crippen LogP contribution in [-0.2, 0) is 14.3 Å². The van der Waals surface area contributed by atoms with Gasteiger partial charge >= 0.3 is 12.0 Å². The summed E-state index contributed by atoms with van der Waals surface area (Å²) in [6, 6.07) is 0.555. The molecule has 4 atom stereocenters. The molecule has 1 unspecified atom stereocenters. The van der Waals surface area contributed by atoms with Gasteiger partial charge in [-0.05, 0) is 64.2 Å². The normalized spacial score (nSPS) is 23.7. The summed E-state index contributed by atoms with van der Waals surface area (Å²) < 4.78 is 17.2. The topological polar surface area (TPSA) is 127 Å². The lowest BCUT2D eigenvalue weighted by molar-refractivity contribution is -0.157. The highest BCUT2D eigenvalue weighted by molar-refractivity contribution is 5.78. The summed E-state index contributed by atoms with van der Waals surface area (Å²) in [5.41, 5.74) is -0.553. The zero-order valence-corrected chi connectivity index (χ0v) is 28.8. The average Bonchev–Trinajstić information content (AvgIpc) is 3.66. The summed E-state index contributed by atoms with van der Waals surface area (Å²) in [6.45, 7) is 18.6. The van der Waals surface area contributed by atoms with Gasteiger partial charge < -0.3 is 28.7 Å². The molecule has 0 aromatic carbocycles. The molecule has 0 aliphatic carbocycles. The number of hydrogen-bond donors (Lipinski definition) is 0. The van der Waals surface area contributed by atoms with E-state index in [-0.39, 0.29) is 36.2 Å². The number of nitrogens with zero attached hydrogens (tertiary/aromatic N) is 7. The van der Waals surface area contributed by atoms with Crippen LogP contribution in [-0.4, -0.2) is 87.9 Å². The first kappa shape index (κ1) is 33.9. The van der Waals surface area contributed by atoms with E-state index < -0.39 is 5.60 Å². The lowest BCUT2D eigenvalue weighted by Gasteiger charge is -2.37. The van der Waals surface area contributed by atoms with Crippen molar-refractivity contribution in [3.63, 3.8) is 0 Å². The number of hydrogen-bond acceptors (Lipinski definition) is 11. The van der Waals surface area contributed by atoms with Crippen LogP contribution in [0.4, 0.5) is 12.0 Å². The van der Waals surface area contributed by atoms with Crippen LogP contribution in [0.1, 0.15) is 98.7 Å². The molecular weight excluding hydrogens is 586 g/mol. The molecule has 0 spiro atoms. The predicted octanol–water partition coefficient (Wildman–Crippen LogP) is 5.10. The Balaban J connectivity index is 1.11. The van der Waals surface area contributed by atoms with Gasteiger partial charge in [-0.1, -0.05) is 32.9 Å². The monoisotopic (exact) mass is 639 g/mol.